The minimum absolute atomic E-state index is 0.932. The number of fused-ring (bicyclic) bond motifs is 9. The van der Waals surface area contributed by atoms with E-state index in [1.807, 2.05) is 13.8 Å². The zero-order valence-electron chi connectivity index (χ0n) is 16.6. The Balaban J connectivity index is 0.000000829. The Morgan fingerprint density at radius 1 is 0.464 bits per heavy atom. The molecule has 0 bridgehead atoms. The van der Waals surface area contributed by atoms with Crippen molar-refractivity contribution in [2.45, 2.75) is 27.7 Å². The Hall–Kier alpha value is -3.26. The maximum atomic E-state index is 6.09. The molecule has 0 radical (unpaired) electrons. The minimum atomic E-state index is 0.932. The van der Waals surface area contributed by atoms with Gasteiger partial charge in [-0.2, -0.15) is 0 Å². The van der Waals surface area contributed by atoms with E-state index in [4.69, 9.17) is 8.83 Å². The third kappa shape index (κ3) is 2.27. The van der Waals surface area contributed by atoms with E-state index in [1.54, 1.807) is 0 Å². The van der Waals surface area contributed by atoms with Gasteiger partial charge in [-0.25, -0.2) is 0 Å². The molecule has 2 aromatic heterocycles. The van der Waals surface area contributed by atoms with Gasteiger partial charge in [-0.3, -0.25) is 0 Å². The van der Waals surface area contributed by atoms with E-state index in [-0.39, 0.29) is 0 Å². The fourth-order valence-electron chi connectivity index (χ4n) is 4.18. The molecule has 4 aromatic carbocycles. The van der Waals surface area contributed by atoms with E-state index in [1.165, 1.54) is 43.4 Å². The molecule has 0 amide bonds. The van der Waals surface area contributed by atoms with E-state index in [2.05, 4.69) is 74.5 Å². The highest BCUT2D eigenvalue weighted by Gasteiger charge is 2.15. The van der Waals surface area contributed by atoms with Crippen molar-refractivity contribution in [3.05, 3.63) is 71.8 Å². The van der Waals surface area contributed by atoms with Crippen LogP contribution in [0.4, 0.5) is 0 Å². The second kappa shape index (κ2) is 6.13. The first kappa shape index (κ1) is 16.9. The lowest BCUT2D eigenvalue weighted by Crippen LogP contribution is -1.78. The quantitative estimate of drug-likeness (QED) is 0.270. The summed E-state index contributed by atoms with van der Waals surface area (Å²) in [5.74, 6) is 0. The first-order valence-electron chi connectivity index (χ1n) is 9.86. The summed E-state index contributed by atoms with van der Waals surface area (Å²) in [5.41, 5.74) is 6.21. The summed E-state index contributed by atoms with van der Waals surface area (Å²) < 4.78 is 12.2. The highest BCUT2D eigenvalue weighted by molar-refractivity contribution is 6.27. The molecule has 0 aliphatic rings. The van der Waals surface area contributed by atoms with E-state index < -0.39 is 0 Å². The standard InChI is InChI=1S/C24H16O2.C2H6/c1-13-3-7-19-17(11-13)23-15-5-10-22-24(16(15)6-9-21(23)25-19)18-12-14(2)4-8-20(18)26-22;1-2/h3-12H,1-2H3;1-2H3. The SMILES string of the molecule is CC.Cc1ccc2oc3ccc4c(ccc5oc6ccc(C)cc6c54)c3c2c1. The van der Waals surface area contributed by atoms with Crippen LogP contribution in [0.15, 0.2) is 69.5 Å². The predicted molar refractivity (Wildman–Crippen MR) is 119 cm³/mol. The van der Waals surface area contributed by atoms with Gasteiger partial charge in [-0.05, 0) is 73.2 Å². The Kier molecular flexibility index (Phi) is 3.70. The lowest BCUT2D eigenvalue weighted by Gasteiger charge is -2.02. The summed E-state index contributed by atoms with van der Waals surface area (Å²) in [6.07, 6.45) is 0. The van der Waals surface area contributed by atoms with Crippen LogP contribution in [0, 0.1) is 13.8 Å². The Morgan fingerprint density at radius 3 is 1.29 bits per heavy atom. The number of aryl methyl sites for hydroxylation is 2. The lowest BCUT2D eigenvalue weighted by atomic mass is 9.99. The van der Waals surface area contributed by atoms with Gasteiger partial charge >= 0.3 is 0 Å². The Morgan fingerprint density at radius 2 is 0.857 bits per heavy atom. The van der Waals surface area contributed by atoms with Crippen LogP contribution < -0.4 is 0 Å². The van der Waals surface area contributed by atoms with Crippen LogP contribution in [0.2, 0.25) is 0 Å². The molecule has 6 aromatic rings. The molecule has 2 heterocycles. The van der Waals surface area contributed by atoms with Crippen molar-refractivity contribution in [2.24, 2.45) is 0 Å². The Labute approximate surface area is 163 Å². The van der Waals surface area contributed by atoms with E-state index >= 15 is 0 Å². The number of benzene rings is 4. The van der Waals surface area contributed by atoms with Gasteiger partial charge in [-0.15, -0.1) is 0 Å². The molecule has 0 aliphatic heterocycles. The van der Waals surface area contributed by atoms with Crippen LogP contribution in [-0.4, -0.2) is 0 Å². The van der Waals surface area contributed by atoms with Crippen LogP contribution >= 0.6 is 0 Å². The average molecular weight is 366 g/mol. The molecule has 2 nitrogen and oxygen atoms in total. The largest absolute Gasteiger partial charge is 0.456 e. The topological polar surface area (TPSA) is 26.3 Å². The molecule has 0 saturated carbocycles. The molecular formula is C26H22O2. The maximum absolute atomic E-state index is 6.09. The summed E-state index contributed by atoms with van der Waals surface area (Å²) in [6.45, 7) is 8.24. The maximum Gasteiger partial charge on any atom is 0.136 e. The summed E-state index contributed by atoms with van der Waals surface area (Å²) in [7, 11) is 0. The van der Waals surface area contributed by atoms with Gasteiger partial charge < -0.3 is 8.83 Å². The second-order valence-corrected chi connectivity index (χ2v) is 7.18. The Bertz CT molecular complexity index is 1380. The number of hydrogen-bond acceptors (Lipinski definition) is 2. The van der Waals surface area contributed by atoms with Crippen molar-refractivity contribution in [1.82, 2.24) is 0 Å². The normalized spacial score (nSPS) is 11.6. The van der Waals surface area contributed by atoms with Gasteiger partial charge in [0.25, 0.3) is 0 Å². The van der Waals surface area contributed by atoms with Gasteiger partial charge in [0, 0.05) is 21.5 Å². The van der Waals surface area contributed by atoms with Gasteiger partial charge in [0.15, 0.2) is 0 Å². The molecule has 138 valence electrons. The van der Waals surface area contributed by atoms with Gasteiger partial charge in [0.1, 0.15) is 22.3 Å². The highest BCUT2D eigenvalue weighted by Crippen LogP contribution is 2.40. The van der Waals surface area contributed by atoms with Crippen LogP contribution in [-0.2, 0) is 0 Å². The van der Waals surface area contributed by atoms with Crippen LogP contribution in [0.1, 0.15) is 25.0 Å². The van der Waals surface area contributed by atoms with Crippen LogP contribution in [0.3, 0.4) is 0 Å². The van der Waals surface area contributed by atoms with E-state index in [0.717, 1.165) is 22.3 Å². The molecule has 2 heteroatoms. The molecule has 0 unspecified atom stereocenters. The van der Waals surface area contributed by atoms with Crippen molar-refractivity contribution in [3.63, 3.8) is 0 Å². The summed E-state index contributed by atoms with van der Waals surface area (Å²) in [4.78, 5) is 0. The molecule has 0 atom stereocenters. The third-order valence-electron chi connectivity index (χ3n) is 5.37. The number of furan rings is 2. The predicted octanol–water partition coefficient (Wildman–Crippen LogP) is 8.28. The van der Waals surface area contributed by atoms with Crippen molar-refractivity contribution < 1.29 is 8.83 Å². The number of hydrogen-bond donors (Lipinski definition) is 0. The molecule has 6 rings (SSSR count). The van der Waals surface area contributed by atoms with E-state index in [0.29, 0.717) is 0 Å². The third-order valence-corrected chi connectivity index (χ3v) is 5.37. The molecular weight excluding hydrogens is 344 g/mol. The monoisotopic (exact) mass is 366 g/mol. The zero-order valence-corrected chi connectivity index (χ0v) is 16.6. The summed E-state index contributed by atoms with van der Waals surface area (Å²) >= 11 is 0. The smallest absolute Gasteiger partial charge is 0.136 e. The molecule has 0 spiro atoms. The zero-order chi connectivity index (χ0) is 19.4. The fraction of sp³-hybridized carbons (Fsp3) is 0.154. The van der Waals surface area contributed by atoms with Crippen molar-refractivity contribution in [2.75, 3.05) is 0 Å². The van der Waals surface area contributed by atoms with Gasteiger partial charge in [0.05, 0.1) is 0 Å². The van der Waals surface area contributed by atoms with Crippen molar-refractivity contribution in [1.29, 1.82) is 0 Å². The highest BCUT2D eigenvalue weighted by atomic mass is 16.3. The summed E-state index contributed by atoms with van der Waals surface area (Å²) in [5, 5.41) is 7.14. The minimum Gasteiger partial charge on any atom is -0.456 e. The van der Waals surface area contributed by atoms with Crippen LogP contribution in [0.25, 0.3) is 54.6 Å². The van der Waals surface area contributed by atoms with Crippen LogP contribution in [0.5, 0.6) is 0 Å². The molecule has 0 N–H and O–H groups in total. The first-order valence-corrected chi connectivity index (χ1v) is 9.86. The lowest BCUT2D eigenvalue weighted by molar-refractivity contribution is 0.668. The van der Waals surface area contributed by atoms with Crippen molar-refractivity contribution in [3.8, 4) is 0 Å². The van der Waals surface area contributed by atoms with Gasteiger partial charge in [-0.1, -0.05) is 37.1 Å². The fourth-order valence-corrected chi connectivity index (χ4v) is 4.18. The molecule has 0 saturated heterocycles. The van der Waals surface area contributed by atoms with Crippen molar-refractivity contribution >= 4 is 54.6 Å². The molecule has 0 aliphatic carbocycles. The van der Waals surface area contributed by atoms with E-state index in [9.17, 15) is 0 Å². The molecule has 0 fully saturated rings. The van der Waals surface area contributed by atoms with Gasteiger partial charge in [0.2, 0.25) is 0 Å². The molecule has 28 heavy (non-hydrogen) atoms. The second-order valence-electron chi connectivity index (χ2n) is 7.18. The first-order chi connectivity index (χ1) is 13.7. The summed E-state index contributed by atoms with van der Waals surface area (Å²) in [6, 6.07) is 21.2. The number of rotatable bonds is 0. The average Bonchev–Trinajstić information content (AvgIpc) is 3.27.